The number of carboxylic acid groups (broad SMARTS) is 1. The Hall–Kier alpha value is -4.80. The van der Waals surface area contributed by atoms with Crippen molar-refractivity contribution in [3.05, 3.63) is 119 Å². The predicted molar refractivity (Wildman–Crippen MR) is 154 cm³/mol. The topological polar surface area (TPSA) is 133 Å². The molecular weight excluding hydrogens is 542 g/mol. The number of ketones is 1. The molecule has 1 aliphatic carbocycles. The van der Waals surface area contributed by atoms with Crippen molar-refractivity contribution in [1.29, 1.82) is 0 Å². The van der Waals surface area contributed by atoms with Gasteiger partial charge in [-0.3, -0.25) is 9.59 Å². The Morgan fingerprint density at radius 1 is 0.854 bits per heavy atom. The van der Waals surface area contributed by atoms with Crippen molar-refractivity contribution in [3.8, 4) is 11.1 Å². The number of hydrogen-bond acceptors (Lipinski definition) is 6. The lowest BCUT2D eigenvalue weighted by molar-refractivity contribution is -0.139. The molecule has 0 radical (unpaired) electrons. The minimum Gasteiger partial charge on any atom is -0.479 e. The van der Waals surface area contributed by atoms with E-state index in [4.69, 9.17) is 0 Å². The van der Waals surface area contributed by atoms with Gasteiger partial charge in [-0.1, -0.05) is 66.7 Å². The smallest absolute Gasteiger partial charge is 0.330 e. The summed E-state index contributed by atoms with van der Waals surface area (Å²) in [6, 6.07) is 23.2. The Morgan fingerprint density at radius 3 is 2.27 bits per heavy atom. The van der Waals surface area contributed by atoms with Crippen molar-refractivity contribution in [3.63, 3.8) is 0 Å². The van der Waals surface area contributed by atoms with Gasteiger partial charge in [-0.25, -0.2) is 17.9 Å². The summed E-state index contributed by atoms with van der Waals surface area (Å²) in [5, 5.41) is 12.6. The third-order valence-electron chi connectivity index (χ3n) is 6.91. The molecule has 1 aliphatic rings. The number of aliphatic carboxylic acids is 1. The van der Waals surface area contributed by atoms with Crippen LogP contribution in [0.4, 0.5) is 5.69 Å². The molecule has 208 valence electrons. The van der Waals surface area contributed by atoms with E-state index in [0.29, 0.717) is 27.8 Å². The lowest BCUT2D eigenvalue weighted by Crippen LogP contribution is -2.34. The van der Waals surface area contributed by atoms with Crippen LogP contribution in [0.3, 0.4) is 0 Å². The van der Waals surface area contributed by atoms with Crippen LogP contribution in [0.25, 0.3) is 11.1 Å². The van der Waals surface area contributed by atoms with Gasteiger partial charge in [-0.2, -0.15) is 0 Å². The number of rotatable bonds is 9. The summed E-state index contributed by atoms with van der Waals surface area (Å²) < 4.78 is 28.4. The first-order chi connectivity index (χ1) is 19.6. The number of fused-ring (bicyclic) bond motifs is 3. The molecule has 0 fully saturated rings. The molecule has 1 atom stereocenters. The van der Waals surface area contributed by atoms with Crippen LogP contribution in [0.5, 0.6) is 0 Å². The fourth-order valence-corrected chi connectivity index (χ4v) is 5.89. The van der Waals surface area contributed by atoms with E-state index in [-0.39, 0.29) is 28.4 Å². The number of carbonyl (C=O) groups is 3. The van der Waals surface area contributed by atoms with Gasteiger partial charge in [-0.15, -0.1) is 0 Å². The molecule has 1 amide bonds. The minimum atomic E-state index is -3.84. The van der Waals surface area contributed by atoms with E-state index in [1.54, 1.807) is 83.8 Å². The summed E-state index contributed by atoms with van der Waals surface area (Å²) in [6.07, 6.45) is 0. The summed E-state index contributed by atoms with van der Waals surface area (Å²) in [4.78, 5) is 40.4. The molecule has 0 bridgehead atoms. The van der Waals surface area contributed by atoms with Gasteiger partial charge >= 0.3 is 5.97 Å². The predicted octanol–water partition coefficient (Wildman–Crippen LogP) is 4.00. The van der Waals surface area contributed by atoms with Gasteiger partial charge in [0.25, 0.3) is 5.91 Å². The van der Waals surface area contributed by atoms with Crippen molar-refractivity contribution >= 4 is 33.4 Å². The number of benzene rings is 4. The van der Waals surface area contributed by atoms with Gasteiger partial charge in [0, 0.05) is 48.6 Å². The monoisotopic (exact) mass is 569 g/mol. The molecule has 4 aromatic carbocycles. The van der Waals surface area contributed by atoms with Crippen molar-refractivity contribution in [2.45, 2.75) is 17.5 Å². The molecule has 0 aliphatic heterocycles. The molecule has 0 saturated heterocycles. The van der Waals surface area contributed by atoms with Crippen LogP contribution in [0.1, 0.15) is 43.4 Å². The second-order valence-corrected chi connectivity index (χ2v) is 11.6. The highest BCUT2D eigenvalue weighted by Crippen LogP contribution is 2.39. The van der Waals surface area contributed by atoms with Crippen molar-refractivity contribution in [1.82, 2.24) is 10.0 Å². The zero-order valence-electron chi connectivity index (χ0n) is 22.3. The van der Waals surface area contributed by atoms with Gasteiger partial charge in [0.05, 0.1) is 4.90 Å². The highest BCUT2D eigenvalue weighted by molar-refractivity contribution is 7.89. The molecule has 0 aromatic heterocycles. The van der Waals surface area contributed by atoms with E-state index < -0.39 is 27.9 Å². The molecule has 10 heteroatoms. The molecule has 41 heavy (non-hydrogen) atoms. The third kappa shape index (κ3) is 5.47. The Kier molecular flexibility index (Phi) is 7.44. The molecular formula is C31H27N3O6S. The van der Waals surface area contributed by atoms with Crippen LogP contribution >= 0.6 is 0 Å². The average Bonchev–Trinajstić information content (AvgIpc) is 3.27. The maximum atomic E-state index is 13.4. The molecule has 0 heterocycles. The summed E-state index contributed by atoms with van der Waals surface area (Å²) >= 11 is 0. The maximum absolute atomic E-state index is 13.4. The van der Waals surface area contributed by atoms with Crippen LogP contribution in [0, 0.1) is 0 Å². The van der Waals surface area contributed by atoms with E-state index >= 15 is 0 Å². The number of nitrogens with zero attached hydrogens (tertiary/aromatic N) is 1. The zero-order valence-corrected chi connectivity index (χ0v) is 23.1. The molecule has 0 spiro atoms. The summed E-state index contributed by atoms with van der Waals surface area (Å²) in [6.45, 7) is -0.0895. The van der Waals surface area contributed by atoms with Gasteiger partial charge in [-0.05, 0) is 41.0 Å². The molecule has 3 N–H and O–H groups in total. The first-order valence-electron chi connectivity index (χ1n) is 12.7. The number of sulfonamides is 1. The summed E-state index contributed by atoms with van der Waals surface area (Å²) in [5.41, 5.74) is 3.66. The van der Waals surface area contributed by atoms with Crippen molar-refractivity contribution in [2.75, 3.05) is 19.0 Å². The number of carbonyl (C=O) groups excluding carboxylic acids is 2. The third-order valence-corrected chi connectivity index (χ3v) is 8.31. The van der Waals surface area contributed by atoms with E-state index in [0.717, 1.165) is 5.69 Å². The molecule has 0 saturated carbocycles. The van der Waals surface area contributed by atoms with Crippen LogP contribution < -0.4 is 14.9 Å². The Labute approximate surface area is 237 Å². The number of amides is 1. The fraction of sp³-hybridized carbons (Fsp3) is 0.129. The quantitative estimate of drug-likeness (QED) is 0.244. The van der Waals surface area contributed by atoms with Crippen LogP contribution in [-0.2, 0) is 21.4 Å². The number of hydrogen-bond donors (Lipinski definition) is 3. The maximum Gasteiger partial charge on any atom is 0.330 e. The van der Waals surface area contributed by atoms with E-state index in [1.807, 2.05) is 14.1 Å². The lowest BCUT2D eigenvalue weighted by atomic mass is 9.98. The largest absolute Gasteiger partial charge is 0.479 e. The standard InChI is InChI=1S/C31H27N3O6S/c1-34(2)21-10-6-11-22(17-21)41(39,40)32-18-19-8-5-9-20(16-19)28(31(37)38)33-30(36)26-15-7-14-25-27(26)23-12-3-4-13-24(23)29(25)35/h3-17,28,32H,18H2,1-2H3,(H,33,36)(H,37,38). The van der Waals surface area contributed by atoms with E-state index in [2.05, 4.69) is 10.0 Å². The van der Waals surface area contributed by atoms with Gasteiger partial charge in [0.1, 0.15) is 0 Å². The average molecular weight is 570 g/mol. The van der Waals surface area contributed by atoms with E-state index in [9.17, 15) is 27.9 Å². The lowest BCUT2D eigenvalue weighted by Gasteiger charge is -2.18. The van der Waals surface area contributed by atoms with Crippen LogP contribution in [0.2, 0.25) is 0 Å². The van der Waals surface area contributed by atoms with Gasteiger partial charge in [0.15, 0.2) is 11.8 Å². The number of anilines is 1. The minimum absolute atomic E-state index is 0.0895. The van der Waals surface area contributed by atoms with Crippen LogP contribution in [0.15, 0.2) is 95.9 Å². The van der Waals surface area contributed by atoms with Crippen molar-refractivity contribution in [2.24, 2.45) is 0 Å². The second-order valence-electron chi connectivity index (χ2n) is 9.81. The van der Waals surface area contributed by atoms with Gasteiger partial charge < -0.3 is 15.3 Å². The second kappa shape index (κ2) is 11.0. The molecule has 5 rings (SSSR count). The fourth-order valence-electron chi connectivity index (χ4n) is 4.83. The highest BCUT2D eigenvalue weighted by Gasteiger charge is 2.32. The zero-order chi connectivity index (χ0) is 29.3. The SMILES string of the molecule is CN(C)c1cccc(S(=O)(=O)NCc2cccc(C(NC(=O)c3cccc4c3-c3ccccc3C4=O)C(=O)O)c2)c1. The number of nitrogens with one attached hydrogen (secondary N) is 2. The highest BCUT2D eigenvalue weighted by atomic mass is 32.2. The molecule has 9 nitrogen and oxygen atoms in total. The number of carboxylic acids is 1. The normalized spacial score (nSPS) is 12.8. The Bertz CT molecular complexity index is 1800. The summed E-state index contributed by atoms with van der Waals surface area (Å²) in [7, 11) is -0.221. The van der Waals surface area contributed by atoms with Crippen LogP contribution in [-0.4, -0.2) is 45.3 Å². The molecule has 1 unspecified atom stereocenters. The first-order valence-corrected chi connectivity index (χ1v) is 14.2. The molecule has 4 aromatic rings. The van der Waals surface area contributed by atoms with Crippen molar-refractivity contribution < 1.29 is 27.9 Å². The van der Waals surface area contributed by atoms with Gasteiger partial charge in [0.2, 0.25) is 10.0 Å². The van der Waals surface area contributed by atoms with E-state index in [1.165, 1.54) is 12.1 Å². The first kappa shape index (κ1) is 27.8. The Balaban J connectivity index is 1.37. The Morgan fingerprint density at radius 2 is 1.54 bits per heavy atom. The summed E-state index contributed by atoms with van der Waals surface area (Å²) in [5.74, 6) is -2.13.